The summed E-state index contributed by atoms with van der Waals surface area (Å²) in [7, 11) is -2.71. The van der Waals surface area contributed by atoms with Gasteiger partial charge in [0.25, 0.3) is 10.0 Å². The topological polar surface area (TPSA) is 119 Å². The van der Waals surface area contributed by atoms with Crippen molar-refractivity contribution in [3.63, 3.8) is 0 Å². The van der Waals surface area contributed by atoms with Gasteiger partial charge in [-0.2, -0.15) is 0 Å². The van der Waals surface area contributed by atoms with Gasteiger partial charge in [-0.05, 0) is 31.8 Å². The van der Waals surface area contributed by atoms with Crippen molar-refractivity contribution in [1.29, 1.82) is 0 Å². The number of hydrogen-bond acceptors (Lipinski definition) is 6. The minimum absolute atomic E-state index is 0.192. The van der Waals surface area contributed by atoms with E-state index in [4.69, 9.17) is 5.73 Å². The average Bonchev–Trinajstić information content (AvgIpc) is 2.45. The van der Waals surface area contributed by atoms with Gasteiger partial charge in [0.15, 0.2) is 0 Å². The second-order valence-corrected chi connectivity index (χ2v) is 6.29. The van der Waals surface area contributed by atoms with E-state index >= 15 is 0 Å². The first-order chi connectivity index (χ1) is 9.31. The van der Waals surface area contributed by atoms with E-state index in [2.05, 4.69) is 16.0 Å². The number of carbonyl (C=O) groups excluding carboxylic acids is 1. The number of allylic oxidation sites excluding steroid dienone is 1. The lowest BCUT2D eigenvalue weighted by atomic mass is 9.86. The SMILES string of the molecule is C=C/C(N)=C(/O)S(=O)(=O)N[C@H]1CC[C@H](C(=O)OC)CC1. The van der Waals surface area contributed by atoms with Gasteiger partial charge in [0.1, 0.15) is 0 Å². The molecule has 0 bridgehead atoms. The molecule has 0 heterocycles. The number of esters is 1. The molecular weight excluding hydrogens is 284 g/mol. The van der Waals surface area contributed by atoms with Crippen molar-refractivity contribution in [3.05, 3.63) is 23.4 Å². The minimum Gasteiger partial charge on any atom is -0.496 e. The normalized spacial score (nSPS) is 24.6. The Bertz CT molecular complexity index is 504. The van der Waals surface area contributed by atoms with Crippen LogP contribution in [0.4, 0.5) is 0 Å². The lowest BCUT2D eigenvalue weighted by molar-refractivity contribution is -0.146. The lowest BCUT2D eigenvalue weighted by Crippen LogP contribution is -2.39. The van der Waals surface area contributed by atoms with Gasteiger partial charge < -0.3 is 15.6 Å². The molecule has 0 aliphatic heterocycles. The summed E-state index contributed by atoms with van der Waals surface area (Å²) >= 11 is 0. The summed E-state index contributed by atoms with van der Waals surface area (Å²) in [6.07, 6.45) is 3.14. The lowest BCUT2D eigenvalue weighted by Gasteiger charge is -2.27. The maximum absolute atomic E-state index is 11.8. The molecule has 7 nitrogen and oxygen atoms in total. The molecular formula is C12H20N2O5S. The summed E-state index contributed by atoms with van der Waals surface area (Å²) in [6, 6.07) is -0.333. The fraction of sp³-hybridized carbons (Fsp3) is 0.583. The third-order valence-corrected chi connectivity index (χ3v) is 4.69. The zero-order chi connectivity index (χ0) is 15.3. The molecule has 0 aromatic heterocycles. The molecule has 1 aliphatic carbocycles. The Morgan fingerprint density at radius 1 is 1.40 bits per heavy atom. The summed E-state index contributed by atoms with van der Waals surface area (Å²) in [5.41, 5.74) is 5.01. The van der Waals surface area contributed by atoms with Gasteiger partial charge in [-0.25, -0.2) is 13.1 Å². The summed E-state index contributed by atoms with van der Waals surface area (Å²) < 4.78 is 30.7. The summed E-state index contributed by atoms with van der Waals surface area (Å²) in [4.78, 5) is 11.4. The van der Waals surface area contributed by atoms with Crippen molar-refractivity contribution in [2.24, 2.45) is 11.7 Å². The molecule has 0 saturated heterocycles. The molecule has 0 amide bonds. The number of aliphatic hydroxyl groups is 1. The molecule has 1 rings (SSSR count). The Kier molecular flexibility index (Phi) is 5.58. The fourth-order valence-corrected chi connectivity index (χ4v) is 3.31. The second-order valence-electron chi connectivity index (χ2n) is 4.66. The van der Waals surface area contributed by atoms with Crippen LogP contribution in [0.1, 0.15) is 25.7 Å². The van der Waals surface area contributed by atoms with Crippen molar-refractivity contribution in [1.82, 2.24) is 4.72 Å². The van der Waals surface area contributed by atoms with Gasteiger partial charge >= 0.3 is 5.97 Å². The molecule has 1 saturated carbocycles. The van der Waals surface area contributed by atoms with Crippen LogP contribution in [0.2, 0.25) is 0 Å². The summed E-state index contributed by atoms with van der Waals surface area (Å²) in [5.74, 6) is -0.465. The van der Waals surface area contributed by atoms with E-state index in [-0.39, 0.29) is 23.6 Å². The maximum atomic E-state index is 11.8. The van der Waals surface area contributed by atoms with Crippen LogP contribution in [0.15, 0.2) is 23.4 Å². The summed E-state index contributed by atoms with van der Waals surface area (Å²) in [5, 5.41) is 8.59. The highest BCUT2D eigenvalue weighted by Gasteiger charge is 2.30. The number of ether oxygens (including phenoxy) is 1. The van der Waals surface area contributed by atoms with Gasteiger partial charge in [0.05, 0.1) is 18.7 Å². The quantitative estimate of drug-likeness (QED) is 0.387. The molecule has 0 spiro atoms. The molecule has 114 valence electrons. The first kappa shape index (κ1) is 16.5. The highest BCUT2D eigenvalue weighted by atomic mass is 32.2. The molecule has 0 radical (unpaired) electrons. The van der Waals surface area contributed by atoms with E-state index in [0.717, 1.165) is 6.08 Å². The van der Waals surface area contributed by atoms with Crippen LogP contribution in [0.3, 0.4) is 0 Å². The van der Waals surface area contributed by atoms with Gasteiger partial charge in [-0.3, -0.25) is 4.79 Å². The van der Waals surface area contributed by atoms with Gasteiger partial charge in [-0.1, -0.05) is 6.58 Å². The van der Waals surface area contributed by atoms with Gasteiger partial charge in [0.2, 0.25) is 5.09 Å². The number of aliphatic hydroxyl groups excluding tert-OH is 1. The van der Waals surface area contributed by atoms with E-state index in [1.165, 1.54) is 7.11 Å². The standard InChI is InChI=1S/C12H20N2O5S/c1-3-10(13)12(16)20(17,18)14-9-6-4-8(5-7-9)11(15)19-2/h3,8-9,14,16H,1,4-7,13H2,2H3/b12-10+/t8-,9-. The average molecular weight is 304 g/mol. The van der Waals surface area contributed by atoms with Crippen LogP contribution in [0, 0.1) is 5.92 Å². The van der Waals surface area contributed by atoms with Crippen molar-refractivity contribution in [2.45, 2.75) is 31.7 Å². The molecule has 0 aromatic rings. The van der Waals surface area contributed by atoms with Gasteiger partial charge in [0, 0.05) is 6.04 Å². The predicted octanol–water partition coefficient (Wildman–Crippen LogP) is 0.509. The number of carbonyl (C=O) groups is 1. The minimum atomic E-state index is -4.04. The van der Waals surface area contributed by atoms with Crippen LogP contribution in [0.5, 0.6) is 0 Å². The Morgan fingerprint density at radius 2 is 1.95 bits per heavy atom. The number of nitrogens with two attached hydrogens (primary N) is 1. The summed E-state index contributed by atoms with van der Waals surface area (Å²) in [6.45, 7) is 3.29. The third kappa shape index (κ3) is 3.97. The van der Waals surface area contributed by atoms with E-state index in [9.17, 15) is 18.3 Å². The Morgan fingerprint density at radius 3 is 2.40 bits per heavy atom. The number of sulfonamides is 1. The molecule has 0 atom stereocenters. The zero-order valence-electron chi connectivity index (χ0n) is 11.3. The second kappa shape index (κ2) is 6.76. The molecule has 1 aliphatic rings. The zero-order valence-corrected chi connectivity index (χ0v) is 12.1. The molecule has 0 aromatic carbocycles. The van der Waals surface area contributed by atoms with Crippen LogP contribution >= 0.6 is 0 Å². The fourth-order valence-electron chi connectivity index (χ4n) is 2.13. The highest BCUT2D eigenvalue weighted by molar-refractivity contribution is 7.93. The monoisotopic (exact) mass is 304 g/mol. The van der Waals surface area contributed by atoms with E-state index in [0.29, 0.717) is 25.7 Å². The number of methoxy groups -OCH3 is 1. The largest absolute Gasteiger partial charge is 0.496 e. The molecule has 1 fully saturated rings. The number of rotatable bonds is 5. The molecule has 4 N–H and O–H groups in total. The first-order valence-electron chi connectivity index (χ1n) is 6.23. The Labute approximate surface area is 118 Å². The van der Waals surface area contributed by atoms with Crippen LogP contribution < -0.4 is 10.5 Å². The number of nitrogens with one attached hydrogen (secondary N) is 1. The van der Waals surface area contributed by atoms with Gasteiger partial charge in [-0.15, -0.1) is 0 Å². The van der Waals surface area contributed by atoms with Crippen molar-refractivity contribution in [3.8, 4) is 0 Å². The smallest absolute Gasteiger partial charge is 0.308 e. The number of hydrogen-bond donors (Lipinski definition) is 3. The molecule has 8 heteroatoms. The first-order valence-corrected chi connectivity index (χ1v) is 7.71. The van der Waals surface area contributed by atoms with Crippen LogP contribution in [0.25, 0.3) is 0 Å². The molecule has 20 heavy (non-hydrogen) atoms. The third-order valence-electron chi connectivity index (χ3n) is 3.30. The maximum Gasteiger partial charge on any atom is 0.308 e. The van der Waals surface area contributed by atoms with Crippen molar-refractivity contribution < 1.29 is 23.1 Å². The molecule has 0 unspecified atom stereocenters. The van der Waals surface area contributed by atoms with Crippen LogP contribution in [-0.2, 0) is 19.6 Å². The predicted molar refractivity (Wildman–Crippen MR) is 73.9 cm³/mol. The Hall–Kier alpha value is -1.54. The van der Waals surface area contributed by atoms with E-state index in [1.54, 1.807) is 0 Å². The Balaban J connectivity index is 2.64. The van der Waals surface area contributed by atoms with Crippen molar-refractivity contribution in [2.75, 3.05) is 7.11 Å². The van der Waals surface area contributed by atoms with E-state index in [1.807, 2.05) is 0 Å². The van der Waals surface area contributed by atoms with E-state index < -0.39 is 15.1 Å². The van der Waals surface area contributed by atoms with Crippen LogP contribution in [-0.4, -0.2) is 32.6 Å². The highest BCUT2D eigenvalue weighted by Crippen LogP contribution is 2.26. The van der Waals surface area contributed by atoms with Crippen molar-refractivity contribution >= 4 is 16.0 Å².